The highest BCUT2D eigenvalue weighted by molar-refractivity contribution is 5.85. The van der Waals surface area contributed by atoms with Crippen LogP contribution in [0.1, 0.15) is 36.2 Å². The van der Waals surface area contributed by atoms with Gasteiger partial charge in [0.1, 0.15) is 11.9 Å². The molecular weight excluding hydrogens is 312 g/mol. The summed E-state index contributed by atoms with van der Waals surface area (Å²) >= 11 is 0. The van der Waals surface area contributed by atoms with E-state index in [2.05, 4.69) is 48.2 Å². The van der Waals surface area contributed by atoms with Crippen molar-refractivity contribution in [1.29, 1.82) is 0 Å². The lowest BCUT2D eigenvalue weighted by Crippen LogP contribution is -2.38. The monoisotopic (exact) mass is 338 g/mol. The van der Waals surface area contributed by atoms with Gasteiger partial charge in [-0.1, -0.05) is 36.4 Å². The van der Waals surface area contributed by atoms with Gasteiger partial charge in [-0.25, -0.2) is 0 Å². The third-order valence-electron chi connectivity index (χ3n) is 4.79. The van der Waals surface area contributed by atoms with E-state index in [-0.39, 0.29) is 6.17 Å². The van der Waals surface area contributed by atoms with Crippen LogP contribution in [0.25, 0.3) is 5.57 Å². The Morgan fingerprint density at radius 1 is 1.08 bits per heavy atom. The van der Waals surface area contributed by atoms with Crippen LogP contribution in [0.2, 0.25) is 0 Å². The maximum absolute atomic E-state index is 6.61. The van der Waals surface area contributed by atoms with E-state index in [1.165, 1.54) is 16.8 Å². The van der Waals surface area contributed by atoms with E-state index < -0.39 is 0 Å². The Kier molecular flexibility index (Phi) is 5.41. The Balaban J connectivity index is 2.12. The Hall–Kier alpha value is -2.30. The van der Waals surface area contributed by atoms with E-state index in [4.69, 9.17) is 15.2 Å². The summed E-state index contributed by atoms with van der Waals surface area (Å²) in [6, 6.07) is 16.6. The minimum absolute atomic E-state index is 0.162. The van der Waals surface area contributed by atoms with Crippen molar-refractivity contribution in [3.63, 3.8) is 0 Å². The maximum atomic E-state index is 6.61. The Labute approximate surface area is 149 Å². The second kappa shape index (κ2) is 7.72. The van der Waals surface area contributed by atoms with Gasteiger partial charge in [-0.15, -0.1) is 0 Å². The molecule has 2 N–H and O–H groups in total. The number of hydrogen-bond acceptors (Lipinski definition) is 4. The minimum Gasteiger partial charge on any atom is -0.497 e. The fourth-order valence-electron chi connectivity index (χ4n) is 3.51. The van der Waals surface area contributed by atoms with Crippen molar-refractivity contribution >= 4 is 5.57 Å². The van der Waals surface area contributed by atoms with Gasteiger partial charge >= 0.3 is 0 Å². The third kappa shape index (κ3) is 3.41. The van der Waals surface area contributed by atoms with Crippen LogP contribution in [-0.2, 0) is 4.74 Å². The summed E-state index contributed by atoms with van der Waals surface area (Å²) in [6.45, 7) is 3.74. The molecule has 2 aromatic carbocycles. The number of allylic oxidation sites excluding steroid dienone is 1. The molecule has 0 aliphatic carbocycles. The number of methoxy groups -OCH3 is 2. The molecule has 25 heavy (non-hydrogen) atoms. The van der Waals surface area contributed by atoms with Gasteiger partial charge < -0.3 is 20.1 Å². The first kappa shape index (κ1) is 17.5. The quantitative estimate of drug-likeness (QED) is 0.814. The third-order valence-corrected chi connectivity index (χ3v) is 4.79. The fraction of sp³-hybridized carbons (Fsp3) is 0.333. The predicted octanol–water partition coefficient (Wildman–Crippen LogP) is 3.78. The smallest absolute Gasteiger partial charge is 0.119 e. The van der Waals surface area contributed by atoms with Gasteiger partial charge in [0.15, 0.2) is 0 Å². The van der Waals surface area contributed by atoms with Crippen molar-refractivity contribution in [3.8, 4) is 5.75 Å². The van der Waals surface area contributed by atoms with Crippen molar-refractivity contribution in [2.75, 3.05) is 27.4 Å². The molecule has 0 saturated carbocycles. The number of fused-ring (bicyclic) bond motifs is 1. The highest BCUT2D eigenvalue weighted by atomic mass is 16.5. The highest BCUT2D eigenvalue weighted by Crippen LogP contribution is 2.41. The van der Waals surface area contributed by atoms with Crippen LogP contribution in [0.3, 0.4) is 0 Å². The molecule has 0 spiro atoms. The molecule has 132 valence electrons. The molecule has 4 nitrogen and oxygen atoms in total. The first-order valence-electron chi connectivity index (χ1n) is 8.63. The number of rotatable bonds is 6. The van der Waals surface area contributed by atoms with Gasteiger partial charge in [-0.05, 0) is 42.2 Å². The van der Waals surface area contributed by atoms with Crippen LogP contribution in [0.4, 0.5) is 0 Å². The van der Waals surface area contributed by atoms with E-state index in [0.717, 1.165) is 36.4 Å². The van der Waals surface area contributed by atoms with Crippen molar-refractivity contribution < 1.29 is 9.47 Å². The number of benzene rings is 2. The normalized spacial score (nSPS) is 16.8. The lowest BCUT2D eigenvalue weighted by molar-refractivity contribution is 0.168. The molecule has 0 amide bonds. The van der Waals surface area contributed by atoms with Crippen molar-refractivity contribution in [1.82, 2.24) is 4.90 Å². The van der Waals surface area contributed by atoms with Crippen LogP contribution in [0.15, 0.2) is 54.2 Å². The summed E-state index contributed by atoms with van der Waals surface area (Å²) in [4.78, 5) is 2.27. The van der Waals surface area contributed by atoms with Gasteiger partial charge in [0.25, 0.3) is 0 Å². The minimum atomic E-state index is -0.162. The SMILES string of the molecule is COCCCN1C(C)=C(c2ccccc2)c2cc(OC)ccc2C1N. The lowest BCUT2D eigenvalue weighted by atomic mass is 9.87. The van der Waals surface area contributed by atoms with E-state index >= 15 is 0 Å². The molecular formula is C21H26N2O2. The van der Waals surface area contributed by atoms with E-state index in [1.54, 1.807) is 14.2 Å². The number of nitrogens with zero attached hydrogens (tertiary/aromatic N) is 1. The van der Waals surface area contributed by atoms with Crippen LogP contribution < -0.4 is 10.5 Å². The average Bonchev–Trinajstić information content (AvgIpc) is 2.65. The summed E-state index contributed by atoms with van der Waals surface area (Å²) in [6.07, 6.45) is 0.778. The summed E-state index contributed by atoms with van der Waals surface area (Å²) in [7, 11) is 3.43. The van der Waals surface area contributed by atoms with E-state index in [1.807, 2.05) is 12.1 Å². The molecule has 2 aromatic rings. The average molecular weight is 338 g/mol. The molecule has 4 heteroatoms. The Morgan fingerprint density at radius 2 is 1.84 bits per heavy atom. The summed E-state index contributed by atoms with van der Waals surface area (Å²) in [5.74, 6) is 0.847. The molecule has 0 radical (unpaired) electrons. The second-order valence-electron chi connectivity index (χ2n) is 6.26. The summed E-state index contributed by atoms with van der Waals surface area (Å²) in [5, 5.41) is 0. The van der Waals surface area contributed by atoms with E-state index in [0.29, 0.717) is 0 Å². The van der Waals surface area contributed by atoms with Gasteiger partial charge in [-0.3, -0.25) is 0 Å². The molecule has 1 heterocycles. The Morgan fingerprint density at radius 3 is 2.52 bits per heavy atom. The van der Waals surface area contributed by atoms with Crippen LogP contribution in [-0.4, -0.2) is 32.3 Å². The molecule has 0 saturated heterocycles. The number of ether oxygens (including phenoxy) is 2. The van der Waals surface area contributed by atoms with E-state index in [9.17, 15) is 0 Å². The second-order valence-corrected chi connectivity index (χ2v) is 6.26. The van der Waals surface area contributed by atoms with Gasteiger partial charge in [0.2, 0.25) is 0 Å². The maximum Gasteiger partial charge on any atom is 0.119 e. The first-order chi connectivity index (χ1) is 12.2. The Bertz CT molecular complexity index is 756. The molecule has 0 aromatic heterocycles. The fourth-order valence-corrected chi connectivity index (χ4v) is 3.51. The van der Waals surface area contributed by atoms with Crippen molar-refractivity contribution in [3.05, 3.63) is 70.9 Å². The van der Waals surface area contributed by atoms with Crippen molar-refractivity contribution in [2.24, 2.45) is 5.73 Å². The molecule has 0 bridgehead atoms. The lowest BCUT2D eigenvalue weighted by Gasteiger charge is -2.39. The molecule has 1 aliphatic rings. The zero-order valence-corrected chi connectivity index (χ0v) is 15.2. The van der Waals surface area contributed by atoms with Crippen LogP contribution in [0.5, 0.6) is 5.75 Å². The predicted molar refractivity (Wildman–Crippen MR) is 101 cm³/mol. The summed E-state index contributed by atoms with van der Waals surface area (Å²) < 4.78 is 10.7. The molecule has 1 aliphatic heterocycles. The number of nitrogens with two attached hydrogens (primary N) is 1. The topological polar surface area (TPSA) is 47.7 Å². The summed E-state index contributed by atoms with van der Waals surface area (Å²) in [5.41, 5.74) is 12.5. The zero-order valence-electron chi connectivity index (χ0n) is 15.2. The van der Waals surface area contributed by atoms with Gasteiger partial charge in [0, 0.05) is 31.5 Å². The largest absolute Gasteiger partial charge is 0.497 e. The number of hydrogen-bond donors (Lipinski definition) is 1. The molecule has 1 unspecified atom stereocenters. The standard InChI is InChI=1S/C21H26N2O2/c1-15-20(16-8-5-4-6-9-16)19-14-17(25-3)10-11-18(19)21(22)23(15)12-7-13-24-2/h4-6,8-11,14,21H,7,12-13,22H2,1-3H3. The highest BCUT2D eigenvalue weighted by Gasteiger charge is 2.29. The molecule has 1 atom stereocenters. The molecule has 0 fully saturated rings. The zero-order chi connectivity index (χ0) is 17.8. The first-order valence-corrected chi connectivity index (χ1v) is 8.63. The van der Waals surface area contributed by atoms with Gasteiger partial charge in [-0.2, -0.15) is 0 Å². The van der Waals surface area contributed by atoms with Gasteiger partial charge in [0.05, 0.1) is 7.11 Å². The van der Waals surface area contributed by atoms with Crippen LogP contribution >= 0.6 is 0 Å². The molecule has 3 rings (SSSR count). The van der Waals surface area contributed by atoms with Crippen molar-refractivity contribution in [2.45, 2.75) is 19.5 Å². The van der Waals surface area contributed by atoms with Crippen LogP contribution in [0, 0.1) is 0 Å².